The number of carbonyl (C=O) groups excluding carboxylic acids is 2. The van der Waals surface area contributed by atoms with Gasteiger partial charge in [0.25, 0.3) is 5.91 Å². The molecule has 1 aliphatic rings. The maximum Gasteiger partial charge on any atom is 0.301 e. The highest BCUT2D eigenvalue weighted by Gasteiger charge is 2.31. The van der Waals surface area contributed by atoms with Gasteiger partial charge >= 0.3 is 5.91 Å². The predicted molar refractivity (Wildman–Crippen MR) is 59.9 cm³/mol. The lowest BCUT2D eigenvalue weighted by atomic mass is 10.2. The summed E-state index contributed by atoms with van der Waals surface area (Å²) in [6.07, 6.45) is 0. The van der Waals surface area contributed by atoms with Crippen molar-refractivity contribution in [3.63, 3.8) is 0 Å². The Kier molecular flexibility index (Phi) is 2.01. The van der Waals surface area contributed by atoms with Gasteiger partial charge in [0.1, 0.15) is 12.2 Å². The Hall–Kier alpha value is -1.85. The first-order valence-electron chi connectivity index (χ1n) is 4.93. The molecule has 2 heterocycles. The number of imide groups is 1. The largest absolute Gasteiger partial charge is 0.327 e. The van der Waals surface area contributed by atoms with Crippen LogP contribution in [0, 0.1) is 0 Å². The lowest BCUT2D eigenvalue weighted by Gasteiger charge is -2.20. The SMILES string of the molecule is O=C1Cn2c(cc3cc(Cl)ccc32)C(=O)N1O. The van der Waals surface area contributed by atoms with Crippen molar-refractivity contribution < 1.29 is 14.8 Å². The van der Waals surface area contributed by atoms with Gasteiger partial charge in [0.05, 0.1) is 0 Å². The van der Waals surface area contributed by atoms with E-state index in [1.807, 2.05) is 0 Å². The summed E-state index contributed by atoms with van der Waals surface area (Å²) >= 11 is 5.86. The van der Waals surface area contributed by atoms with Gasteiger partial charge in [0.2, 0.25) is 0 Å². The molecule has 0 saturated heterocycles. The first-order chi connectivity index (χ1) is 8.08. The molecule has 0 saturated carbocycles. The number of hydrogen-bond acceptors (Lipinski definition) is 3. The van der Waals surface area contributed by atoms with Crippen molar-refractivity contribution in [2.75, 3.05) is 0 Å². The maximum atomic E-state index is 11.7. The van der Waals surface area contributed by atoms with Crippen LogP contribution in [0.2, 0.25) is 5.02 Å². The van der Waals surface area contributed by atoms with E-state index in [4.69, 9.17) is 11.6 Å². The predicted octanol–water partition coefficient (Wildman–Crippen LogP) is 1.67. The summed E-state index contributed by atoms with van der Waals surface area (Å²) in [5, 5.41) is 10.7. The number of halogens is 1. The first-order valence-corrected chi connectivity index (χ1v) is 5.30. The second kappa shape index (κ2) is 3.32. The molecule has 17 heavy (non-hydrogen) atoms. The molecule has 2 aromatic rings. The number of aromatic nitrogens is 1. The Labute approximate surface area is 101 Å². The van der Waals surface area contributed by atoms with Gasteiger partial charge in [-0.25, -0.2) is 0 Å². The van der Waals surface area contributed by atoms with E-state index in [1.165, 1.54) is 0 Å². The zero-order valence-corrected chi connectivity index (χ0v) is 9.31. The fourth-order valence-electron chi connectivity index (χ4n) is 2.01. The molecule has 0 spiro atoms. The number of carbonyl (C=O) groups is 2. The molecule has 0 radical (unpaired) electrons. The summed E-state index contributed by atoms with van der Waals surface area (Å²) in [5.74, 6) is -1.36. The average molecular weight is 251 g/mol. The lowest BCUT2D eigenvalue weighted by Crippen LogP contribution is -2.42. The number of fused-ring (bicyclic) bond motifs is 3. The van der Waals surface area contributed by atoms with Crippen LogP contribution < -0.4 is 0 Å². The Morgan fingerprint density at radius 2 is 2.00 bits per heavy atom. The van der Waals surface area contributed by atoms with Crippen LogP contribution in [0.25, 0.3) is 10.9 Å². The monoisotopic (exact) mass is 250 g/mol. The molecular formula is C11H7ClN2O3. The summed E-state index contributed by atoms with van der Waals surface area (Å²) in [4.78, 5) is 23.1. The quantitative estimate of drug-likeness (QED) is 0.571. The highest BCUT2D eigenvalue weighted by molar-refractivity contribution is 6.31. The van der Waals surface area contributed by atoms with Crippen LogP contribution in [0.1, 0.15) is 10.5 Å². The second-order valence-electron chi connectivity index (χ2n) is 3.83. The molecule has 3 rings (SSSR count). The van der Waals surface area contributed by atoms with Crippen LogP contribution >= 0.6 is 11.6 Å². The summed E-state index contributed by atoms with van der Waals surface area (Å²) in [6.45, 7) is -0.0529. The van der Waals surface area contributed by atoms with E-state index < -0.39 is 11.8 Å². The van der Waals surface area contributed by atoms with E-state index in [9.17, 15) is 14.8 Å². The molecule has 0 fully saturated rings. The number of nitrogens with zero attached hydrogens (tertiary/aromatic N) is 2. The topological polar surface area (TPSA) is 62.5 Å². The molecule has 0 bridgehead atoms. The Morgan fingerprint density at radius 1 is 1.24 bits per heavy atom. The normalized spacial score (nSPS) is 15.5. The lowest BCUT2D eigenvalue weighted by molar-refractivity contribution is -0.156. The minimum absolute atomic E-state index is 0.0529. The molecular weight excluding hydrogens is 244 g/mol. The van der Waals surface area contributed by atoms with Gasteiger partial charge in [0.15, 0.2) is 0 Å². The highest BCUT2D eigenvalue weighted by Crippen LogP contribution is 2.26. The van der Waals surface area contributed by atoms with Gasteiger partial charge in [-0.1, -0.05) is 11.6 Å². The minimum Gasteiger partial charge on any atom is -0.327 e. The number of benzene rings is 1. The summed E-state index contributed by atoms with van der Waals surface area (Å²) in [6, 6.07) is 6.76. The molecule has 1 aromatic heterocycles. The fourth-order valence-corrected chi connectivity index (χ4v) is 2.19. The van der Waals surface area contributed by atoms with E-state index in [2.05, 4.69) is 0 Å². The van der Waals surface area contributed by atoms with Crippen LogP contribution in [-0.4, -0.2) is 26.7 Å². The van der Waals surface area contributed by atoms with E-state index in [0.29, 0.717) is 5.02 Å². The molecule has 6 heteroatoms. The molecule has 2 amide bonds. The Bertz CT molecular complexity index is 662. The van der Waals surface area contributed by atoms with Gasteiger partial charge in [0, 0.05) is 15.9 Å². The molecule has 1 aromatic carbocycles. The smallest absolute Gasteiger partial charge is 0.301 e. The van der Waals surface area contributed by atoms with Crippen molar-refractivity contribution in [1.29, 1.82) is 0 Å². The van der Waals surface area contributed by atoms with Crippen LogP contribution in [-0.2, 0) is 11.3 Å². The van der Waals surface area contributed by atoms with E-state index in [0.717, 1.165) is 10.9 Å². The Morgan fingerprint density at radius 3 is 2.76 bits per heavy atom. The van der Waals surface area contributed by atoms with E-state index in [1.54, 1.807) is 28.8 Å². The average Bonchev–Trinajstić information content (AvgIpc) is 2.64. The van der Waals surface area contributed by atoms with Crippen LogP contribution in [0.5, 0.6) is 0 Å². The first kappa shape index (κ1) is 10.3. The van der Waals surface area contributed by atoms with Crippen LogP contribution in [0.3, 0.4) is 0 Å². The van der Waals surface area contributed by atoms with Gasteiger partial charge in [-0.2, -0.15) is 0 Å². The highest BCUT2D eigenvalue weighted by atomic mass is 35.5. The molecule has 1 N–H and O–H groups in total. The Balaban J connectivity index is 2.32. The number of hydrogen-bond donors (Lipinski definition) is 1. The molecule has 86 valence electrons. The molecule has 0 unspecified atom stereocenters. The third kappa shape index (κ3) is 1.36. The van der Waals surface area contributed by atoms with Gasteiger partial charge in [-0.05, 0) is 24.3 Å². The van der Waals surface area contributed by atoms with Crippen LogP contribution in [0.15, 0.2) is 24.3 Å². The van der Waals surface area contributed by atoms with Crippen molar-refractivity contribution in [1.82, 2.24) is 9.63 Å². The summed E-state index contributed by atoms with van der Waals surface area (Å²) in [5.41, 5.74) is 1.03. The third-order valence-electron chi connectivity index (χ3n) is 2.80. The second-order valence-corrected chi connectivity index (χ2v) is 4.27. The van der Waals surface area contributed by atoms with Crippen molar-refractivity contribution in [3.8, 4) is 0 Å². The van der Waals surface area contributed by atoms with E-state index >= 15 is 0 Å². The molecule has 1 aliphatic heterocycles. The molecule has 0 atom stereocenters. The standard InChI is InChI=1S/C11H7ClN2O3/c12-7-1-2-8-6(3-7)4-9-11(16)14(17)10(15)5-13(8)9/h1-4,17H,5H2. The van der Waals surface area contributed by atoms with Crippen molar-refractivity contribution >= 4 is 34.3 Å². The number of rotatable bonds is 0. The van der Waals surface area contributed by atoms with Crippen molar-refractivity contribution in [2.45, 2.75) is 6.54 Å². The maximum absolute atomic E-state index is 11.7. The fraction of sp³-hybridized carbons (Fsp3) is 0.0909. The van der Waals surface area contributed by atoms with Crippen molar-refractivity contribution in [3.05, 3.63) is 35.0 Å². The van der Waals surface area contributed by atoms with Gasteiger partial charge in [-0.3, -0.25) is 14.8 Å². The minimum atomic E-state index is -0.714. The number of amides is 2. The van der Waals surface area contributed by atoms with E-state index in [-0.39, 0.29) is 17.3 Å². The third-order valence-corrected chi connectivity index (χ3v) is 3.04. The molecule has 5 nitrogen and oxygen atoms in total. The summed E-state index contributed by atoms with van der Waals surface area (Å²) in [7, 11) is 0. The van der Waals surface area contributed by atoms with Crippen molar-refractivity contribution in [2.24, 2.45) is 0 Å². The zero-order chi connectivity index (χ0) is 12.2. The van der Waals surface area contributed by atoms with Crippen LogP contribution in [0.4, 0.5) is 0 Å². The van der Waals surface area contributed by atoms with Gasteiger partial charge < -0.3 is 4.57 Å². The molecule has 0 aliphatic carbocycles. The summed E-state index contributed by atoms with van der Waals surface area (Å²) < 4.78 is 1.57. The van der Waals surface area contributed by atoms with Gasteiger partial charge in [-0.15, -0.1) is 5.06 Å². The zero-order valence-electron chi connectivity index (χ0n) is 8.55. The number of hydroxylamine groups is 2.